The average Bonchev–Trinajstić information content (AvgIpc) is 3.69. The van der Waals surface area contributed by atoms with E-state index >= 15 is 0 Å². The van der Waals surface area contributed by atoms with Gasteiger partial charge in [-0.1, -0.05) is 82.6 Å². The van der Waals surface area contributed by atoms with Crippen molar-refractivity contribution in [3.05, 3.63) is 124 Å². The van der Waals surface area contributed by atoms with Crippen LogP contribution in [0.3, 0.4) is 0 Å². The molecule has 16 heteroatoms. The van der Waals surface area contributed by atoms with Crippen LogP contribution < -0.4 is 20.9 Å². The van der Waals surface area contributed by atoms with Gasteiger partial charge in [0.25, 0.3) is 5.91 Å². The van der Waals surface area contributed by atoms with Crippen LogP contribution in [0.25, 0.3) is 16.3 Å². The van der Waals surface area contributed by atoms with Crippen molar-refractivity contribution in [3.63, 3.8) is 0 Å². The quantitative estimate of drug-likeness (QED) is 0.0398. The molecule has 3 unspecified atom stereocenters. The standard InChI is InChI=1S/C32H36N6O2.C22H29ClN2O4.C2H6.CH4O/c1-4-8-28(31(39)33-6-3)38-27-12-11-24(25-9-7-10-26(30(25)27)32(38)40)21-13-15-36(16-14-21)23-17-35-29-18-34-22(5-2)19-37(29)20-23;1-14(19(23)20(29-11-10-26)15(2)21(27)28)16-6-5-7-17(12-16)25-18-8-9-24-22(3,4)13-18;2*1-2/h6-7,9-12,17-21,28-29H,3-5,8,13-16H2,1-2H3,(H,33,39);5-7,10,12,18,24-25H,8-9,11,13H2,1-4H3,(H,27,28);1-2H3;2H,1H3/b;19-14-,20-15-;;. The van der Waals surface area contributed by atoms with Crippen LogP contribution in [0, 0.1) is 0 Å². The summed E-state index contributed by atoms with van der Waals surface area (Å²) in [4.78, 5) is 64.1. The molecule has 2 saturated heterocycles. The lowest BCUT2D eigenvalue weighted by Crippen LogP contribution is -2.50. The number of aliphatic hydroxyl groups is 1. The van der Waals surface area contributed by atoms with Crippen LogP contribution in [0.1, 0.15) is 128 Å². The molecule has 5 heterocycles. The van der Waals surface area contributed by atoms with Crippen molar-refractivity contribution in [2.24, 2.45) is 9.98 Å². The molecule has 73 heavy (non-hydrogen) atoms. The Morgan fingerprint density at radius 1 is 1.04 bits per heavy atom. The third-order valence-electron chi connectivity index (χ3n) is 13.5. The number of piperidine rings is 2. The van der Waals surface area contributed by atoms with Gasteiger partial charge in [-0.3, -0.25) is 29.3 Å². The number of carboxylic acids is 1. The first-order chi connectivity index (χ1) is 35.2. The molecule has 0 radical (unpaired) electrons. The van der Waals surface area contributed by atoms with E-state index in [4.69, 9.17) is 26.4 Å². The summed E-state index contributed by atoms with van der Waals surface area (Å²) < 4.78 is 5.31. The molecule has 3 atom stereocenters. The van der Waals surface area contributed by atoms with E-state index in [-0.39, 0.29) is 46.5 Å². The predicted molar refractivity (Wildman–Crippen MR) is 296 cm³/mol. The van der Waals surface area contributed by atoms with Crippen molar-refractivity contribution in [1.82, 2.24) is 20.4 Å². The van der Waals surface area contributed by atoms with Gasteiger partial charge in [0.2, 0.25) is 5.91 Å². The van der Waals surface area contributed by atoms with Gasteiger partial charge in [0.05, 0.1) is 27.7 Å². The van der Waals surface area contributed by atoms with Gasteiger partial charge >= 0.3 is 5.97 Å². The SMILES string of the molecule is C/C(C(=O)O)=C(OCC=O)\C(Cl)=C(/C)c1cccc(NC2CCNC(C)(C)C2)c1.C=CNC(=O)C(CCC)N1C(=O)c2cccc3c(C4CCN(C5=CN6C=C(CC)N=CC6N=C5)CC4)ccc1c23.CC.CO. The number of carbonyl (C=O) groups excluding carboxylic acids is 3. The van der Waals surface area contributed by atoms with Crippen LogP contribution in [0.5, 0.6) is 0 Å². The molecule has 392 valence electrons. The van der Waals surface area contributed by atoms with Gasteiger partial charge in [-0.15, -0.1) is 0 Å². The monoisotopic (exact) mass is 1020 g/mol. The number of nitrogens with one attached hydrogen (secondary N) is 3. The van der Waals surface area contributed by atoms with E-state index in [1.807, 2.05) is 75.7 Å². The van der Waals surface area contributed by atoms with E-state index < -0.39 is 12.0 Å². The van der Waals surface area contributed by atoms with E-state index in [0.717, 1.165) is 104 Å². The minimum Gasteiger partial charge on any atom is -0.484 e. The van der Waals surface area contributed by atoms with Crippen LogP contribution in [0.15, 0.2) is 118 Å². The highest BCUT2D eigenvalue weighted by molar-refractivity contribution is 6.35. The van der Waals surface area contributed by atoms with Crippen LogP contribution in [-0.2, 0) is 19.1 Å². The molecule has 0 saturated carbocycles. The van der Waals surface area contributed by atoms with Crippen LogP contribution >= 0.6 is 11.6 Å². The number of amides is 2. The van der Waals surface area contributed by atoms with Gasteiger partial charge in [-0.2, -0.15) is 0 Å². The first kappa shape index (κ1) is 57.4. The number of likely N-dealkylation sites (tertiary alicyclic amines) is 1. The zero-order valence-corrected chi connectivity index (χ0v) is 44.8. The molecule has 0 aliphatic carbocycles. The Hall–Kier alpha value is -6.55. The number of nitrogens with zero attached hydrogens (tertiary/aromatic N) is 5. The van der Waals surface area contributed by atoms with Gasteiger partial charge in [0.15, 0.2) is 12.5 Å². The number of hydrogen-bond donors (Lipinski definition) is 5. The largest absolute Gasteiger partial charge is 0.484 e. The number of anilines is 2. The number of hydrogen-bond acceptors (Lipinski definition) is 12. The minimum atomic E-state index is -1.15. The molecular formula is C57H75ClN8O7. The van der Waals surface area contributed by atoms with Crippen LogP contribution in [-0.4, -0.2) is 114 Å². The number of aliphatic hydroxyl groups excluding tert-OH is 1. The van der Waals surface area contributed by atoms with Crippen LogP contribution in [0.2, 0.25) is 0 Å². The predicted octanol–water partition coefficient (Wildman–Crippen LogP) is 10.1. The van der Waals surface area contributed by atoms with Gasteiger partial charge in [-0.25, -0.2) is 4.79 Å². The summed E-state index contributed by atoms with van der Waals surface area (Å²) in [5.74, 6) is -1.06. The normalized spacial score (nSPS) is 19.7. The number of aldehydes is 1. The molecule has 5 N–H and O–H groups in total. The molecule has 3 aromatic carbocycles. The molecule has 2 fully saturated rings. The number of carbonyl (C=O) groups is 4. The lowest BCUT2D eigenvalue weighted by molar-refractivity contribution is -0.133. The fraction of sp³-hybridized carbons (Fsp3) is 0.439. The van der Waals surface area contributed by atoms with Crippen molar-refractivity contribution in [1.29, 1.82) is 0 Å². The molecule has 8 rings (SSSR count). The van der Waals surface area contributed by atoms with E-state index in [9.17, 15) is 24.3 Å². The number of aliphatic imine (C=N–C) groups is 2. The Kier molecular flexibility index (Phi) is 21.2. The number of ether oxygens (including phenoxy) is 1. The number of halogens is 1. The first-order valence-electron chi connectivity index (χ1n) is 25.4. The average molecular weight is 1020 g/mol. The molecule has 0 aromatic heterocycles. The number of carboxylic acid groups (broad SMARTS) is 1. The number of allylic oxidation sites excluding steroid dienone is 4. The van der Waals surface area contributed by atoms with Crippen molar-refractivity contribution in [3.8, 4) is 0 Å². The zero-order chi connectivity index (χ0) is 53.4. The summed E-state index contributed by atoms with van der Waals surface area (Å²) in [7, 11) is 1.00. The molecule has 2 amide bonds. The first-order valence-corrected chi connectivity index (χ1v) is 25.8. The van der Waals surface area contributed by atoms with E-state index in [1.54, 1.807) is 11.8 Å². The third kappa shape index (κ3) is 13.7. The Morgan fingerprint density at radius 2 is 1.77 bits per heavy atom. The molecule has 3 aromatic rings. The van der Waals surface area contributed by atoms with Crippen molar-refractivity contribution < 1.29 is 34.1 Å². The molecule has 15 nitrogen and oxygen atoms in total. The highest BCUT2D eigenvalue weighted by Crippen LogP contribution is 2.44. The second-order valence-electron chi connectivity index (χ2n) is 18.7. The van der Waals surface area contributed by atoms with Crippen molar-refractivity contribution >= 4 is 75.8 Å². The highest BCUT2D eigenvalue weighted by Gasteiger charge is 2.39. The summed E-state index contributed by atoms with van der Waals surface area (Å²) in [6.45, 7) is 21.9. The van der Waals surface area contributed by atoms with E-state index in [1.165, 1.54) is 18.7 Å². The molecule has 5 aliphatic rings. The molecule has 0 spiro atoms. The lowest BCUT2D eigenvalue weighted by atomic mass is 9.85. The Bertz CT molecular complexity index is 2660. The summed E-state index contributed by atoms with van der Waals surface area (Å²) in [5.41, 5.74) is 7.53. The van der Waals surface area contributed by atoms with Gasteiger partial charge in [0, 0.05) is 73.2 Å². The number of aliphatic carboxylic acids is 1. The molecular weight excluding hydrogens is 944 g/mol. The zero-order valence-electron chi connectivity index (χ0n) is 44.0. The fourth-order valence-electron chi connectivity index (χ4n) is 9.85. The molecule has 0 bridgehead atoms. The van der Waals surface area contributed by atoms with Gasteiger partial charge in [-0.05, 0) is 131 Å². The highest BCUT2D eigenvalue weighted by atomic mass is 35.5. The fourth-order valence-corrected chi connectivity index (χ4v) is 10.2. The number of benzene rings is 3. The Balaban J connectivity index is 0.000000266. The third-order valence-corrected chi connectivity index (χ3v) is 13.9. The van der Waals surface area contributed by atoms with E-state index in [0.29, 0.717) is 35.8 Å². The summed E-state index contributed by atoms with van der Waals surface area (Å²) >= 11 is 6.48. The summed E-state index contributed by atoms with van der Waals surface area (Å²) in [5, 5.41) is 28.4. The van der Waals surface area contributed by atoms with Gasteiger partial charge < -0.3 is 40.7 Å². The Labute approximate surface area is 436 Å². The Morgan fingerprint density at radius 3 is 2.42 bits per heavy atom. The smallest absolute Gasteiger partial charge is 0.335 e. The van der Waals surface area contributed by atoms with Crippen LogP contribution in [0.4, 0.5) is 11.4 Å². The maximum absolute atomic E-state index is 13.6. The molecule has 5 aliphatic heterocycles. The summed E-state index contributed by atoms with van der Waals surface area (Å²) in [6.07, 6.45) is 16.4. The van der Waals surface area contributed by atoms with Gasteiger partial charge in [0.1, 0.15) is 18.4 Å². The summed E-state index contributed by atoms with van der Waals surface area (Å²) in [6, 6.07) is 17.8. The maximum atomic E-state index is 13.6. The number of rotatable bonds is 16. The van der Waals surface area contributed by atoms with E-state index in [2.05, 4.69) is 82.6 Å². The number of fused-ring (bicyclic) bond motifs is 1. The second kappa shape index (κ2) is 26.9. The topological polar surface area (TPSA) is 189 Å². The van der Waals surface area contributed by atoms with Crippen molar-refractivity contribution in [2.45, 2.75) is 130 Å². The minimum absolute atomic E-state index is 0.00207. The maximum Gasteiger partial charge on any atom is 0.335 e. The lowest BCUT2D eigenvalue weighted by Gasteiger charge is -2.37. The van der Waals surface area contributed by atoms with Crippen molar-refractivity contribution in [2.75, 3.05) is 43.6 Å². The second-order valence-corrected chi connectivity index (χ2v) is 19.1.